The van der Waals surface area contributed by atoms with E-state index in [0.717, 1.165) is 41.2 Å². The van der Waals surface area contributed by atoms with E-state index in [-0.39, 0.29) is 17.7 Å². The van der Waals surface area contributed by atoms with Gasteiger partial charge in [-0.3, -0.25) is 4.79 Å². The van der Waals surface area contributed by atoms with Crippen molar-refractivity contribution in [3.8, 4) is 17.2 Å². The molecule has 33 heavy (non-hydrogen) atoms. The van der Waals surface area contributed by atoms with Crippen molar-refractivity contribution in [1.82, 2.24) is 25.1 Å². The Labute approximate surface area is 197 Å². The van der Waals surface area contributed by atoms with Crippen molar-refractivity contribution in [3.63, 3.8) is 0 Å². The van der Waals surface area contributed by atoms with Crippen LogP contribution in [0.15, 0.2) is 47.6 Å². The van der Waals surface area contributed by atoms with Gasteiger partial charge in [0.05, 0.1) is 39.7 Å². The highest BCUT2D eigenvalue weighted by atomic mass is 32.2. The number of hydrogen-bond donors (Lipinski definition) is 0. The third-order valence-electron chi connectivity index (χ3n) is 5.68. The molecule has 174 valence electrons. The number of benzene rings is 2. The molecule has 0 spiro atoms. The Morgan fingerprint density at radius 3 is 2.55 bits per heavy atom. The summed E-state index contributed by atoms with van der Waals surface area (Å²) in [5, 5.41) is 12.6. The minimum atomic E-state index is -0.0431. The third kappa shape index (κ3) is 5.22. The fourth-order valence-corrected chi connectivity index (χ4v) is 4.76. The summed E-state index contributed by atoms with van der Waals surface area (Å²) in [6.07, 6.45) is 1.83. The first-order valence-corrected chi connectivity index (χ1v) is 11.6. The average molecular weight is 470 g/mol. The number of carbonyl (C=O) groups excluding carboxylic acids is 1. The van der Waals surface area contributed by atoms with Crippen LogP contribution in [-0.4, -0.2) is 64.6 Å². The zero-order valence-electron chi connectivity index (χ0n) is 18.9. The first-order valence-electron chi connectivity index (χ1n) is 10.7. The molecule has 3 aromatic rings. The van der Waals surface area contributed by atoms with Crippen LogP contribution in [0.5, 0.6) is 17.2 Å². The van der Waals surface area contributed by atoms with Gasteiger partial charge in [0.1, 0.15) is 17.2 Å². The van der Waals surface area contributed by atoms with E-state index in [0.29, 0.717) is 18.2 Å². The van der Waals surface area contributed by atoms with Crippen molar-refractivity contribution in [2.75, 3.05) is 33.6 Å². The lowest BCUT2D eigenvalue weighted by Crippen LogP contribution is -2.32. The first-order chi connectivity index (χ1) is 16.1. The SMILES string of the molecule is COc1ccc(Cn2nnnc2SCC(=O)N2CCCC2c2cc(OC)ccc2OC)cc1. The number of methoxy groups -OCH3 is 3. The summed E-state index contributed by atoms with van der Waals surface area (Å²) in [6.45, 7) is 1.22. The first kappa shape index (κ1) is 22.9. The van der Waals surface area contributed by atoms with Crippen molar-refractivity contribution < 1.29 is 19.0 Å². The summed E-state index contributed by atoms with van der Waals surface area (Å²) in [7, 11) is 4.91. The highest BCUT2D eigenvalue weighted by Gasteiger charge is 2.32. The lowest BCUT2D eigenvalue weighted by molar-refractivity contribution is -0.129. The van der Waals surface area contributed by atoms with E-state index in [1.165, 1.54) is 11.8 Å². The van der Waals surface area contributed by atoms with Gasteiger partial charge < -0.3 is 19.1 Å². The van der Waals surface area contributed by atoms with Gasteiger partial charge in [0.25, 0.3) is 0 Å². The highest BCUT2D eigenvalue weighted by Crippen LogP contribution is 2.39. The third-order valence-corrected chi connectivity index (χ3v) is 6.63. The largest absolute Gasteiger partial charge is 0.497 e. The van der Waals surface area contributed by atoms with Crippen LogP contribution in [0.2, 0.25) is 0 Å². The van der Waals surface area contributed by atoms with E-state index in [1.807, 2.05) is 47.4 Å². The number of aromatic nitrogens is 4. The topological polar surface area (TPSA) is 91.6 Å². The number of thioether (sulfide) groups is 1. The van der Waals surface area contributed by atoms with Crippen LogP contribution in [-0.2, 0) is 11.3 Å². The molecular weight excluding hydrogens is 442 g/mol. The molecule has 1 atom stereocenters. The standard InChI is InChI=1S/C23H27N5O4S/c1-30-17-8-6-16(7-9-17)14-28-23(24-25-26-28)33-15-22(29)27-12-4-5-20(27)19-13-18(31-2)10-11-21(19)32-3/h6-11,13,20H,4-5,12,14-15H2,1-3H3. The van der Waals surface area contributed by atoms with E-state index in [2.05, 4.69) is 15.5 Å². The molecule has 1 aliphatic rings. The second kappa shape index (κ2) is 10.6. The maximum atomic E-state index is 13.2. The van der Waals surface area contributed by atoms with Gasteiger partial charge >= 0.3 is 0 Å². The van der Waals surface area contributed by atoms with Crippen molar-refractivity contribution in [2.24, 2.45) is 0 Å². The Morgan fingerprint density at radius 1 is 1.06 bits per heavy atom. The second-order valence-corrected chi connectivity index (χ2v) is 8.55. The van der Waals surface area contributed by atoms with E-state index in [1.54, 1.807) is 26.0 Å². The zero-order valence-corrected chi connectivity index (χ0v) is 19.7. The van der Waals surface area contributed by atoms with Crippen LogP contribution in [0.25, 0.3) is 0 Å². The van der Waals surface area contributed by atoms with Crippen LogP contribution < -0.4 is 14.2 Å². The lowest BCUT2D eigenvalue weighted by Gasteiger charge is -2.26. The summed E-state index contributed by atoms with van der Waals surface area (Å²) in [5.41, 5.74) is 2.01. The van der Waals surface area contributed by atoms with Gasteiger partial charge in [0.15, 0.2) is 0 Å². The molecular formula is C23H27N5O4S. The Morgan fingerprint density at radius 2 is 1.82 bits per heavy atom. The Balaban J connectivity index is 1.42. The molecule has 1 fully saturated rings. The summed E-state index contributed by atoms with van der Waals surface area (Å²) in [6, 6.07) is 13.4. The van der Waals surface area contributed by atoms with Gasteiger partial charge in [0.2, 0.25) is 11.1 Å². The van der Waals surface area contributed by atoms with Gasteiger partial charge in [-0.25, -0.2) is 4.68 Å². The van der Waals surface area contributed by atoms with Crippen LogP contribution in [0, 0.1) is 0 Å². The summed E-state index contributed by atoms with van der Waals surface area (Å²) >= 11 is 1.35. The van der Waals surface area contributed by atoms with Gasteiger partial charge in [-0.15, -0.1) is 5.10 Å². The zero-order chi connectivity index (χ0) is 23.2. The molecule has 1 amide bonds. The molecule has 1 aromatic heterocycles. The molecule has 1 aliphatic heterocycles. The second-order valence-electron chi connectivity index (χ2n) is 7.61. The number of rotatable bonds is 9. The molecule has 4 rings (SSSR count). The van der Waals surface area contributed by atoms with E-state index < -0.39 is 0 Å². The summed E-state index contributed by atoms with van der Waals surface area (Å²) in [4.78, 5) is 15.1. The number of tetrazole rings is 1. The molecule has 0 aliphatic carbocycles. The van der Waals surface area contributed by atoms with Crippen molar-refractivity contribution in [3.05, 3.63) is 53.6 Å². The van der Waals surface area contributed by atoms with Crippen molar-refractivity contribution in [1.29, 1.82) is 0 Å². The van der Waals surface area contributed by atoms with E-state index >= 15 is 0 Å². The average Bonchev–Trinajstić information content (AvgIpc) is 3.52. The molecule has 0 bridgehead atoms. The smallest absolute Gasteiger partial charge is 0.233 e. The molecule has 2 aromatic carbocycles. The minimum absolute atomic E-state index is 0.0431. The maximum absolute atomic E-state index is 13.2. The predicted molar refractivity (Wildman–Crippen MR) is 124 cm³/mol. The normalized spacial score (nSPS) is 15.5. The number of amides is 1. The highest BCUT2D eigenvalue weighted by molar-refractivity contribution is 7.99. The van der Waals surface area contributed by atoms with Crippen LogP contribution in [0.1, 0.15) is 30.0 Å². The number of likely N-dealkylation sites (tertiary alicyclic amines) is 1. The minimum Gasteiger partial charge on any atom is -0.497 e. The molecule has 0 saturated carbocycles. The van der Waals surface area contributed by atoms with Crippen molar-refractivity contribution >= 4 is 17.7 Å². The predicted octanol–water partition coefficient (Wildman–Crippen LogP) is 3.20. The molecule has 0 radical (unpaired) electrons. The molecule has 1 saturated heterocycles. The fourth-order valence-electron chi connectivity index (χ4n) is 4.00. The van der Waals surface area contributed by atoms with Crippen LogP contribution >= 0.6 is 11.8 Å². The van der Waals surface area contributed by atoms with Gasteiger partial charge in [-0.1, -0.05) is 23.9 Å². The van der Waals surface area contributed by atoms with Crippen molar-refractivity contribution in [2.45, 2.75) is 30.6 Å². The molecule has 2 heterocycles. The number of hydrogen-bond acceptors (Lipinski definition) is 8. The quantitative estimate of drug-likeness (QED) is 0.441. The molecule has 0 N–H and O–H groups in total. The summed E-state index contributed by atoms with van der Waals surface area (Å²) < 4.78 is 17.8. The Bertz CT molecular complexity index is 1090. The van der Waals surface area contributed by atoms with Gasteiger partial charge in [-0.05, 0) is 59.2 Å². The van der Waals surface area contributed by atoms with Crippen LogP contribution in [0.4, 0.5) is 0 Å². The van der Waals surface area contributed by atoms with Crippen LogP contribution in [0.3, 0.4) is 0 Å². The lowest BCUT2D eigenvalue weighted by atomic mass is 10.0. The van der Waals surface area contributed by atoms with E-state index in [4.69, 9.17) is 14.2 Å². The monoisotopic (exact) mass is 469 g/mol. The maximum Gasteiger partial charge on any atom is 0.233 e. The molecule has 1 unspecified atom stereocenters. The number of ether oxygens (including phenoxy) is 3. The number of carbonyl (C=O) groups is 1. The Hall–Kier alpha value is -3.27. The number of nitrogens with zero attached hydrogens (tertiary/aromatic N) is 5. The van der Waals surface area contributed by atoms with Gasteiger partial charge in [0, 0.05) is 12.1 Å². The van der Waals surface area contributed by atoms with Gasteiger partial charge in [-0.2, -0.15) is 0 Å². The van der Waals surface area contributed by atoms with E-state index in [9.17, 15) is 4.79 Å². The summed E-state index contributed by atoms with van der Waals surface area (Å²) in [5.74, 6) is 2.61. The Kier molecular flexibility index (Phi) is 7.33. The molecule has 9 nitrogen and oxygen atoms in total. The molecule has 10 heteroatoms. The fraction of sp³-hybridized carbons (Fsp3) is 0.391.